The zero-order valence-electron chi connectivity index (χ0n) is 11.0. The molecule has 0 saturated carbocycles. The van der Waals surface area contributed by atoms with Crippen molar-refractivity contribution in [2.24, 2.45) is 0 Å². The van der Waals surface area contributed by atoms with Crippen molar-refractivity contribution in [3.63, 3.8) is 0 Å². The lowest BCUT2D eigenvalue weighted by atomic mass is 10.0. The summed E-state index contributed by atoms with van der Waals surface area (Å²) in [4.78, 5) is 25.3. The Balaban J connectivity index is 2.34. The third-order valence-electron chi connectivity index (χ3n) is 2.64. The molecule has 4 heteroatoms. The maximum atomic E-state index is 12.4. The summed E-state index contributed by atoms with van der Waals surface area (Å²) in [6.45, 7) is 2.21. The van der Waals surface area contributed by atoms with Gasteiger partial charge in [0.15, 0.2) is 5.78 Å². The second kappa shape index (κ2) is 6.82. The first-order chi connectivity index (χ1) is 9.74. The van der Waals surface area contributed by atoms with E-state index in [9.17, 15) is 9.59 Å². The van der Waals surface area contributed by atoms with Crippen molar-refractivity contribution in [1.82, 2.24) is 0 Å². The lowest BCUT2D eigenvalue weighted by molar-refractivity contribution is 0.0956. The van der Waals surface area contributed by atoms with Gasteiger partial charge in [-0.15, -0.1) is 11.3 Å². The lowest BCUT2D eigenvalue weighted by Gasteiger charge is -2.05. The van der Waals surface area contributed by atoms with E-state index >= 15 is 0 Å². The van der Waals surface area contributed by atoms with Gasteiger partial charge in [0.05, 0.1) is 17.7 Å². The van der Waals surface area contributed by atoms with Gasteiger partial charge < -0.3 is 4.74 Å². The van der Waals surface area contributed by atoms with E-state index in [2.05, 4.69) is 0 Å². The molecule has 2 rings (SSSR count). The highest BCUT2D eigenvalue weighted by Crippen LogP contribution is 2.18. The van der Waals surface area contributed by atoms with E-state index in [4.69, 9.17) is 4.74 Å². The molecule has 0 unspecified atom stereocenters. The van der Waals surface area contributed by atoms with Crippen molar-refractivity contribution in [3.8, 4) is 0 Å². The number of rotatable bonds is 6. The van der Waals surface area contributed by atoms with Crippen LogP contribution in [-0.2, 0) is 4.74 Å². The molecule has 0 aliphatic carbocycles. The van der Waals surface area contributed by atoms with Crippen LogP contribution < -0.4 is 0 Å². The molecule has 1 heterocycles. The largest absolute Gasteiger partial charge is 0.501 e. The molecule has 2 aromatic rings. The van der Waals surface area contributed by atoms with Crippen LogP contribution in [0.3, 0.4) is 0 Å². The molecule has 102 valence electrons. The van der Waals surface area contributed by atoms with Crippen LogP contribution in [0.4, 0.5) is 0 Å². The summed E-state index contributed by atoms with van der Waals surface area (Å²) in [6.07, 6.45) is 1.26. The predicted octanol–water partition coefficient (Wildman–Crippen LogP) is 3.73. The fourth-order valence-corrected chi connectivity index (χ4v) is 2.34. The zero-order chi connectivity index (χ0) is 14.4. The number of Topliss-reactive ketones (excluding diaryl/α,β-unsaturated/α-hetero) is 2. The fourth-order valence-electron chi connectivity index (χ4n) is 1.66. The average Bonchev–Trinajstić information content (AvgIpc) is 3.02. The molecule has 0 spiro atoms. The van der Waals surface area contributed by atoms with Crippen LogP contribution in [0, 0.1) is 0 Å². The van der Waals surface area contributed by atoms with Gasteiger partial charge in [-0.25, -0.2) is 0 Å². The maximum Gasteiger partial charge on any atom is 0.210 e. The van der Waals surface area contributed by atoms with Crippen LogP contribution in [0.25, 0.3) is 0 Å². The first-order valence-corrected chi connectivity index (χ1v) is 7.11. The number of carbonyl (C=O) groups is 2. The molecule has 1 aromatic heterocycles. The van der Waals surface area contributed by atoms with Gasteiger partial charge in [0.2, 0.25) is 5.78 Å². The summed E-state index contributed by atoms with van der Waals surface area (Å²) >= 11 is 1.31. The molecular formula is C16H14O3S. The Kier molecular flexibility index (Phi) is 4.85. The van der Waals surface area contributed by atoms with E-state index < -0.39 is 0 Å². The number of ketones is 2. The molecule has 0 N–H and O–H groups in total. The molecule has 0 bridgehead atoms. The van der Waals surface area contributed by atoms with Crippen LogP contribution in [-0.4, -0.2) is 18.2 Å². The molecule has 0 radical (unpaired) electrons. The molecule has 20 heavy (non-hydrogen) atoms. The van der Waals surface area contributed by atoms with Crippen LogP contribution >= 0.6 is 11.3 Å². The first kappa shape index (κ1) is 14.2. The molecule has 0 aliphatic rings. The number of benzene rings is 1. The van der Waals surface area contributed by atoms with E-state index in [1.54, 1.807) is 48.7 Å². The van der Waals surface area contributed by atoms with Gasteiger partial charge in [0.25, 0.3) is 0 Å². The van der Waals surface area contributed by atoms with Gasteiger partial charge in [-0.2, -0.15) is 0 Å². The molecule has 0 atom stereocenters. The normalized spacial score (nSPS) is 11.2. The second-order valence-corrected chi connectivity index (χ2v) is 4.94. The highest BCUT2D eigenvalue weighted by atomic mass is 32.1. The Bertz CT molecular complexity index is 612. The van der Waals surface area contributed by atoms with E-state index in [-0.39, 0.29) is 17.1 Å². The number of hydrogen-bond donors (Lipinski definition) is 0. The van der Waals surface area contributed by atoms with E-state index in [1.165, 1.54) is 17.6 Å². The van der Waals surface area contributed by atoms with Gasteiger partial charge in [0, 0.05) is 5.56 Å². The van der Waals surface area contributed by atoms with Crippen molar-refractivity contribution >= 4 is 22.9 Å². The minimum atomic E-state index is -0.322. The Morgan fingerprint density at radius 1 is 1.10 bits per heavy atom. The number of ether oxygens (including phenoxy) is 1. The molecule has 1 aromatic carbocycles. The molecule has 0 saturated heterocycles. The monoisotopic (exact) mass is 286 g/mol. The van der Waals surface area contributed by atoms with Crippen molar-refractivity contribution in [2.75, 3.05) is 6.61 Å². The Labute approximate surface area is 121 Å². The second-order valence-electron chi connectivity index (χ2n) is 3.99. The quantitative estimate of drug-likeness (QED) is 0.267. The van der Waals surface area contributed by atoms with Crippen LogP contribution in [0.2, 0.25) is 0 Å². The van der Waals surface area contributed by atoms with E-state index in [0.717, 1.165) is 0 Å². The summed E-state index contributed by atoms with van der Waals surface area (Å²) < 4.78 is 5.16. The van der Waals surface area contributed by atoms with Crippen molar-refractivity contribution in [3.05, 3.63) is 70.1 Å². The van der Waals surface area contributed by atoms with E-state index in [1.807, 2.05) is 6.07 Å². The van der Waals surface area contributed by atoms with Gasteiger partial charge in [-0.1, -0.05) is 36.4 Å². The summed E-state index contributed by atoms with van der Waals surface area (Å²) in [7, 11) is 0. The lowest BCUT2D eigenvalue weighted by Crippen LogP contribution is -2.13. The smallest absolute Gasteiger partial charge is 0.210 e. The van der Waals surface area contributed by atoms with Gasteiger partial charge in [-0.05, 0) is 18.4 Å². The van der Waals surface area contributed by atoms with Gasteiger partial charge in [-0.3, -0.25) is 9.59 Å². The standard InChI is InChI=1S/C16H14O3S/c1-2-19-11-13(16(18)14-9-6-10-20-14)15(17)12-7-4-3-5-8-12/h3-11H,2H2,1H3/b13-11-. The van der Waals surface area contributed by atoms with Crippen molar-refractivity contribution in [2.45, 2.75) is 6.92 Å². The number of thiophene rings is 1. The van der Waals surface area contributed by atoms with Crippen molar-refractivity contribution < 1.29 is 14.3 Å². The predicted molar refractivity (Wildman–Crippen MR) is 79.1 cm³/mol. The highest BCUT2D eigenvalue weighted by Gasteiger charge is 2.22. The molecular weight excluding hydrogens is 272 g/mol. The third kappa shape index (κ3) is 3.22. The average molecular weight is 286 g/mol. The Hall–Kier alpha value is -2.20. The van der Waals surface area contributed by atoms with Gasteiger partial charge in [0.1, 0.15) is 5.57 Å². The molecule has 3 nitrogen and oxygen atoms in total. The summed E-state index contributed by atoms with van der Waals surface area (Å²) in [5, 5.41) is 1.80. The Morgan fingerprint density at radius 3 is 2.45 bits per heavy atom. The Morgan fingerprint density at radius 2 is 1.85 bits per heavy atom. The summed E-state index contributed by atoms with van der Waals surface area (Å²) in [5.41, 5.74) is 0.531. The highest BCUT2D eigenvalue weighted by molar-refractivity contribution is 7.12. The summed E-state index contributed by atoms with van der Waals surface area (Å²) in [5.74, 6) is -0.625. The fraction of sp³-hybridized carbons (Fsp3) is 0.125. The topological polar surface area (TPSA) is 43.4 Å². The number of carbonyl (C=O) groups excluding carboxylic acids is 2. The molecule has 0 aliphatic heterocycles. The number of hydrogen-bond acceptors (Lipinski definition) is 4. The van der Waals surface area contributed by atoms with E-state index in [0.29, 0.717) is 17.0 Å². The minimum absolute atomic E-state index is 0.0560. The minimum Gasteiger partial charge on any atom is -0.501 e. The number of allylic oxidation sites excluding steroid dienone is 1. The van der Waals surface area contributed by atoms with Crippen molar-refractivity contribution in [1.29, 1.82) is 0 Å². The van der Waals surface area contributed by atoms with Crippen LogP contribution in [0.5, 0.6) is 0 Å². The molecule has 0 fully saturated rings. The van der Waals surface area contributed by atoms with Gasteiger partial charge >= 0.3 is 0 Å². The maximum absolute atomic E-state index is 12.4. The third-order valence-corrected chi connectivity index (χ3v) is 3.51. The SMILES string of the molecule is CCO/C=C(/C(=O)c1ccccc1)C(=O)c1cccs1. The van der Waals surface area contributed by atoms with Crippen LogP contribution in [0.15, 0.2) is 59.7 Å². The molecule has 0 amide bonds. The zero-order valence-corrected chi connectivity index (χ0v) is 11.9. The summed E-state index contributed by atoms with van der Waals surface area (Å²) in [6, 6.07) is 12.2. The first-order valence-electron chi connectivity index (χ1n) is 6.23. The van der Waals surface area contributed by atoms with Crippen LogP contribution in [0.1, 0.15) is 27.0 Å².